The summed E-state index contributed by atoms with van der Waals surface area (Å²) in [6, 6.07) is 6.43. The summed E-state index contributed by atoms with van der Waals surface area (Å²) in [5.74, 6) is -1.36. The standard InChI is InChI=1S/C14H15F2N3O/c1-2-7-17-9-11-4-6-14(19-18-11)20-13-5-3-10(15)8-12(13)16/h3-6,8,17H,2,7,9H2,1H3. The molecule has 0 atom stereocenters. The molecule has 2 rings (SSSR count). The Hall–Kier alpha value is -2.08. The van der Waals surface area contributed by atoms with E-state index in [0.29, 0.717) is 6.54 Å². The molecular weight excluding hydrogens is 264 g/mol. The van der Waals surface area contributed by atoms with E-state index in [1.807, 2.05) is 0 Å². The molecule has 0 aliphatic carbocycles. The number of halogens is 2. The molecule has 6 heteroatoms. The summed E-state index contributed by atoms with van der Waals surface area (Å²) >= 11 is 0. The van der Waals surface area contributed by atoms with Gasteiger partial charge < -0.3 is 10.1 Å². The van der Waals surface area contributed by atoms with Crippen LogP contribution in [0.15, 0.2) is 30.3 Å². The topological polar surface area (TPSA) is 47.0 Å². The van der Waals surface area contributed by atoms with Gasteiger partial charge in [0.2, 0.25) is 5.88 Å². The first kappa shape index (κ1) is 14.3. The van der Waals surface area contributed by atoms with Gasteiger partial charge in [-0.25, -0.2) is 8.78 Å². The fourth-order valence-corrected chi connectivity index (χ4v) is 1.56. The third kappa shape index (κ3) is 3.96. The quantitative estimate of drug-likeness (QED) is 0.826. The second-order valence-electron chi connectivity index (χ2n) is 4.22. The van der Waals surface area contributed by atoms with Gasteiger partial charge in [-0.05, 0) is 31.2 Å². The number of hydrogen-bond donors (Lipinski definition) is 1. The molecule has 1 aromatic heterocycles. The van der Waals surface area contributed by atoms with Gasteiger partial charge in [0.25, 0.3) is 0 Å². The van der Waals surface area contributed by atoms with Crippen LogP contribution in [0.25, 0.3) is 0 Å². The van der Waals surface area contributed by atoms with Crippen LogP contribution in [-0.2, 0) is 6.54 Å². The number of aromatic nitrogens is 2. The zero-order chi connectivity index (χ0) is 14.4. The lowest BCUT2D eigenvalue weighted by Gasteiger charge is -2.06. The minimum Gasteiger partial charge on any atom is -0.434 e. The Kier molecular flexibility index (Phi) is 4.95. The van der Waals surface area contributed by atoms with Crippen LogP contribution in [0.1, 0.15) is 19.0 Å². The van der Waals surface area contributed by atoms with Gasteiger partial charge in [-0.3, -0.25) is 0 Å². The first-order chi connectivity index (χ1) is 9.69. The van der Waals surface area contributed by atoms with E-state index in [1.54, 1.807) is 12.1 Å². The fourth-order valence-electron chi connectivity index (χ4n) is 1.56. The Labute approximate surface area is 115 Å². The van der Waals surface area contributed by atoms with E-state index in [2.05, 4.69) is 22.4 Å². The van der Waals surface area contributed by atoms with Gasteiger partial charge in [-0.15, -0.1) is 5.10 Å². The van der Waals surface area contributed by atoms with Crippen LogP contribution in [0, 0.1) is 11.6 Å². The van der Waals surface area contributed by atoms with Crippen molar-refractivity contribution in [3.63, 3.8) is 0 Å². The third-order valence-corrected chi connectivity index (χ3v) is 2.54. The summed E-state index contributed by atoms with van der Waals surface area (Å²) in [6.07, 6.45) is 1.04. The van der Waals surface area contributed by atoms with E-state index in [4.69, 9.17) is 4.74 Å². The van der Waals surface area contributed by atoms with Crippen molar-refractivity contribution >= 4 is 0 Å². The molecule has 0 spiro atoms. The van der Waals surface area contributed by atoms with E-state index in [0.717, 1.165) is 30.8 Å². The maximum absolute atomic E-state index is 13.4. The minimum atomic E-state index is -0.777. The number of benzene rings is 1. The van der Waals surface area contributed by atoms with Crippen LogP contribution in [-0.4, -0.2) is 16.7 Å². The molecule has 106 valence electrons. The smallest absolute Gasteiger partial charge is 0.239 e. The van der Waals surface area contributed by atoms with Gasteiger partial charge >= 0.3 is 0 Å². The lowest BCUT2D eigenvalue weighted by atomic mass is 10.3. The normalized spacial score (nSPS) is 10.6. The predicted octanol–water partition coefficient (Wildman–Crippen LogP) is 3.05. The van der Waals surface area contributed by atoms with Crippen molar-refractivity contribution in [2.75, 3.05) is 6.54 Å². The molecule has 0 aliphatic rings. The summed E-state index contributed by atoms with van der Waals surface area (Å²) in [6.45, 7) is 3.60. The van der Waals surface area contributed by atoms with E-state index in [-0.39, 0.29) is 11.6 Å². The van der Waals surface area contributed by atoms with Crippen LogP contribution in [0.4, 0.5) is 8.78 Å². The molecule has 1 aromatic carbocycles. The molecule has 0 saturated heterocycles. The van der Waals surface area contributed by atoms with Crippen molar-refractivity contribution in [2.45, 2.75) is 19.9 Å². The van der Waals surface area contributed by atoms with Crippen molar-refractivity contribution < 1.29 is 13.5 Å². The van der Waals surface area contributed by atoms with Crippen LogP contribution in [0.2, 0.25) is 0 Å². The van der Waals surface area contributed by atoms with Crippen LogP contribution < -0.4 is 10.1 Å². The molecule has 0 radical (unpaired) electrons. The second-order valence-corrected chi connectivity index (χ2v) is 4.22. The Morgan fingerprint density at radius 3 is 2.65 bits per heavy atom. The van der Waals surface area contributed by atoms with Gasteiger partial charge in [-0.1, -0.05) is 6.92 Å². The summed E-state index contributed by atoms with van der Waals surface area (Å²) in [7, 11) is 0. The fraction of sp³-hybridized carbons (Fsp3) is 0.286. The number of hydrogen-bond acceptors (Lipinski definition) is 4. The zero-order valence-electron chi connectivity index (χ0n) is 11.1. The molecular formula is C14H15F2N3O. The molecule has 0 fully saturated rings. The van der Waals surface area contributed by atoms with Crippen molar-refractivity contribution in [3.8, 4) is 11.6 Å². The van der Waals surface area contributed by atoms with Gasteiger partial charge in [-0.2, -0.15) is 5.10 Å². The van der Waals surface area contributed by atoms with E-state index in [1.165, 1.54) is 6.07 Å². The average molecular weight is 279 g/mol. The molecule has 2 aromatic rings. The number of rotatable bonds is 6. The van der Waals surface area contributed by atoms with Crippen LogP contribution >= 0.6 is 0 Å². The zero-order valence-corrected chi connectivity index (χ0v) is 11.1. The molecule has 20 heavy (non-hydrogen) atoms. The highest BCUT2D eigenvalue weighted by Crippen LogP contribution is 2.22. The number of nitrogens with one attached hydrogen (secondary N) is 1. The second kappa shape index (κ2) is 6.91. The Balaban J connectivity index is 1.99. The average Bonchev–Trinajstić information content (AvgIpc) is 2.44. The predicted molar refractivity (Wildman–Crippen MR) is 70.5 cm³/mol. The molecule has 1 heterocycles. The number of ether oxygens (including phenoxy) is 1. The van der Waals surface area contributed by atoms with Gasteiger partial charge in [0.05, 0.1) is 5.69 Å². The molecule has 0 unspecified atom stereocenters. The van der Waals surface area contributed by atoms with Crippen LogP contribution in [0.3, 0.4) is 0 Å². The first-order valence-corrected chi connectivity index (χ1v) is 6.35. The lowest BCUT2D eigenvalue weighted by Crippen LogP contribution is -2.15. The largest absolute Gasteiger partial charge is 0.434 e. The third-order valence-electron chi connectivity index (χ3n) is 2.54. The lowest BCUT2D eigenvalue weighted by molar-refractivity contribution is 0.417. The van der Waals surface area contributed by atoms with E-state index in [9.17, 15) is 8.78 Å². The summed E-state index contributed by atoms with van der Waals surface area (Å²) in [5, 5.41) is 11.0. The molecule has 4 nitrogen and oxygen atoms in total. The maximum Gasteiger partial charge on any atom is 0.239 e. The van der Waals surface area contributed by atoms with Crippen molar-refractivity contribution in [3.05, 3.63) is 47.7 Å². The van der Waals surface area contributed by atoms with Gasteiger partial charge in [0, 0.05) is 18.7 Å². The minimum absolute atomic E-state index is 0.0856. The molecule has 0 saturated carbocycles. The van der Waals surface area contributed by atoms with Crippen LogP contribution in [0.5, 0.6) is 11.6 Å². The Morgan fingerprint density at radius 2 is 2.00 bits per heavy atom. The molecule has 0 amide bonds. The molecule has 0 bridgehead atoms. The highest BCUT2D eigenvalue weighted by molar-refractivity contribution is 5.28. The van der Waals surface area contributed by atoms with Gasteiger partial charge in [0.1, 0.15) is 5.82 Å². The van der Waals surface area contributed by atoms with Gasteiger partial charge in [0.15, 0.2) is 11.6 Å². The number of nitrogens with zero attached hydrogens (tertiary/aromatic N) is 2. The van der Waals surface area contributed by atoms with Crippen molar-refractivity contribution in [1.82, 2.24) is 15.5 Å². The summed E-state index contributed by atoms with van der Waals surface area (Å²) < 4.78 is 31.4. The van der Waals surface area contributed by atoms with Crippen molar-refractivity contribution in [1.29, 1.82) is 0 Å². The summed E-state index contributed by atoms with van der Waals surface area (Å²) in [4.78, 5) is 0. The Bertz CT molecular complexity index is 561. The summed E-state index contributed by atoms with van der Waals surface area (Å²) in [5.41, 5.74) is 0.769. The van der Waals surface area contributed by atoms with E-state index < -0.39 is 11.6 Å². The maximum atomic E-state index is 13.4. The monoisotopic (exact) mass is 279 g/mol. The molecule has 1 N–H and O–H groups in total. The Morgan fingerprint density at radius 1 is 1.15 bits per heavy atom. The highest BCUT2D eigenvalue weighted by Gasteiger charge is 2.07. The highest BCUT2D eigenvalue weighted by atomic mass is 19.1. The SMILES string of the molecule is CCCNCc1ccc(Oc2ccc(F)cc2F)nn1. The van der Waals surface area contributed by atoms with Crippen molar-refractivity contribution in [2.24, 2.45) is 0 Å². The molecule has 0 aliphatic heterocycles. The first-order valence-electron chi connectivity index (χ1n) is 6.35. The van der Waals surface area contributed by atoms with E-state index >= 15 is 0 Å².